The molecule has 0 amide bonds. The van der Waals surface area contributed by atoms with Crippen LogP contribution in [-0.4, -0.2) is 30.5 Å². The second-order valence-corrected chi connectivity index (χ2v) is 7.60. The first-order valence-corrected chi connectivity index (χ1v) is 8.95. The molecule has 0 aliphatic heterocycles. The van der Waals surface area contributed by atoms with Crippen molar-refractivity contribution in [2.45, 2.75) is 26.2 Å². The number of thiophene rings is 1. The van der Waals surface area contributed by atoms with Gasteiger partial charge in [0.15, 0.2) is 0 Å². The van der Waals surface area contributed by atoms with Crippen molar-refractivity contribution in [3.63, 3.8) is 0 Å². The molecule has 0 aliphatic rings. The van der Waals surface area contributed by atoms with Gasteiger partial charge in [0.1, 0.15) is 0 Å². The summed E-state index contributed by atoms with van der Waals surface area (Å²) in [6, 6.07) is 13.0. The third kappa shape index (κ3) is 3.46. The van der Waals surface area contributed by atoms with E-state index < -0.39 is 0 Å². The summed E-state index contributed by atoms with van der Waals surface area (Å²) >= 11 is 1.95. The molecular weight excluding hydrogens is 300 g/mol. The minimum Gasteiger partial charge on any atom is -0.309 e. The molecule has 3 heteroatoms. The summed E-state index contributed by atoms with van der Waals surface area (Å²) in [4.78, 5) is 8.34. The lowest BCUT2D eigenvalue weighted by atomic mass is 9.93. The van der Waals surface area contributed by atoms with E-state index in [1.807, 2.05) is 23.6 Å². The van der Waals surface area contributed by atoms with Crippen molar-refractivity contribution < 1.29 is 0 Å². The molecule has 1 aromatic carbocycles. The molecule has 0 saturated heterocycles. The number of hydrogen-bond donors (Lipinski definition) is 0. The van der Waals surface area contributed by atoms with Crippen LogP contribution in [0.1, 0.15) is 34.5 Å². The number of rotatable bonds is 5. The summed E-state index contributed by atoms with van der Waals surface area (Å²) < 4.78 is 1.40. The highest BCUT2D eigenvalue weighted by Gasteiger charge is 2.20. The van der Waals surface area contributed by atoms with Crippen molar-refractivity contribution in [3.05, 3.63) is 64.3 Å². The number of hydrogen-bond acceptors (Lipinski definition) is 3. The molecule has 1 atom stereocenters. The maximum Gasteiger partial charge on any atom is 0.0476 e. The van der Waals surface area contributed by atoms with Gasteiger partial charge in [-0.25, -0.2) is 0 Å². The Balaban J connectivity index is 2.10. The number of nitrogens with zero attached hydrogens (tertiary/aromatic N) is 2. The molecule has 3 rings (SSSR count). The molecular formula is C20H24N2S. The lowest BCUT2D eigenvalue weighted by Gasteiger charge is -2.15. The lowest BCUT2D eigenvalue weighted by Crippen LogP contribution is -2.15. The largest absolute Gasteiger partial charge is 0.309 e. The first-order valence-electron chi connectivity index (χ1n) is 8.14. The summed E-state index contributed by atoms with van der Waals surface area (Å²) in [7, 11) is 4.28. The number of likely N-dealkylation sites (N-methyl/N-ethyl adjacent to an activating group) is 1. The molecule has 0 aliphatic carbocycles. The minimum atomic E-state index is 0.324. The molecule has 0 saturated carbocycles. The third-order valence-electron chi connectivity index (χ3n) is 4.31. The summed E-state index contributed by atoms with van der Waals surface area (Å²) in [5.74, 6) is 0.324. The number of aryl methyl sites for hydroxylation is 1. The van der Waals surface area contributed by atoms with E-state index >= 15 is 0 Å². The van der Waals surface area contributed by atoms with E-state index in [1.165, 1.54) is 26.1 Å². The van der Waals surface area contributed by atoms with Crippen LogP contribution in [0.5, 0.6) is 0 Å². The number of pyridine rings is 1. The SMILES string of the molecule is Cc1ccc2c([C@@H](C)c3ccccn3)c(CCN(C)C)sc2c1. The lowest BCUT2D eigenvalue weighted by molar-refractivity contribution is 0.414. The average molecular weight is 324 g/mol. The van der Waals surface area contributed by atoms with E-state index in [9.17, 15) is 0 Å². The average Bonchev–Trinajstić information content (AvgIpc) is 2.90. The fourth-order valence-electron chi connectivity index (χ4n) is 3.04. The Morgan fingerprint density at radius 1 is 1.17 bits per heavy atom. The van der Waals surface area contributed by atoms with Gasteiger partial charge in [0.25, 0.3) is 0 Å². The highest BCUT2D eigenvalue weighted by atomic mass is 32.1. The van der Waals surface area contributed by atoms with Gasteiger partial charge in [-0.1, -0.05) is 25.1 Å². The zero-order valence-corrected chi connectivity index (χ0v) is 15.2. The molecule has 3 aromatic rings. The van der Waals surface area contributed by atoms with Crippen LogP contribution < -0.4 is 0 Å². The zero-order chi connectivity index (χ0) is 16.4. The summed E-state index contributed by atoms with van der Waals surface area (Å²) in [6.45, 7) is 5.52. The Morgan fingerprint density at radius 3 is 2.70 bits per heavy atom. The fraction of sp³-hybridized carbons (Fsp3) is 0.350. The molecule has 2 aromatic heterocycles. The van der Waals surface area contributed by atoms with Gasteiger partial charge in [-0.2, -0.15) is 0 Å². The van der Waals surface area contributed by atoms with Gasteiger partial charge >= 0.3 is 0 Å². The molecule has 0 N–H and O–H groups in total. The van der Waals surface area contributed by atoms with Crippen LogP contribution in [0.15, 0.2) is 42.6 Å². The molecule has 23 heavy (non-hydrogen) atoms. The first-order chi connectivity index (χ1) is 11.1. The quantitative estimate of drug-likeness (QED) is 0.666. The van der Waals surface area contributed by atoms with E-state index in [-0.39, 0.29) is 0 Å². The molecule has 0 spiro atoms. The van der Waals surface area contributed by atoms with Crippen molar-refractivity contribution in [1.82, 2.24) is 9.88 Å². The van der Waals surface area contributed by atoms with Gasteiger partial charge < -0.3 is 4.90 Å². The Labute approximate surface area is 142 Å². The van der Waals surface area contributed by atoms with Crippen LogP contribution in [0.25, 0.3) is 10.1 Å². The van der Waals surface area contributed by atoms with Crippen LogP contribution in [0.2, 0.25) is 0 Å². The Kier molecular flexibility index (Phi) is 4.79. The zero-order valence-electron chi connectivity index (χ0n) is 14.3. The van der Waals surface area contributed by atoms with Crippen LogP contribution in [-0.2, 0) is 6.42 Å². The first kappa shape index (κ1) is 16.2. The Bertz CT molecular complexity index is 790. The highest BCUT2D eigenvalue weighted by molar-refractivity contribution is 7.19. The maximum atomic E-state index is 4.59. The molecule has 0 bridgehead atoms. The van der Waals surface area contributed by atoms with Gasteiger partial charge in [0.2, 0.25) is 0 Å². The van der Waals surface area contributed by atoms with Gasteiger partial charge in [0.05, 0.1) is 0 Å². The maximum absolute atomic E-state index is 4.59. The van der Waals surface area contributed by atoms with Gasteiger partial charge in [-0.15, -0.1) is 11.3 Å². The topological polar surface area (TPSA) is 16.1 Å². The molecule has 0 radical (unpaired) electrons. The Hall–Kier alpha value is -1.71. The van der Waals surface area contributed by atoms with Crippen molar-refractivity contribution >= 4 is 21.4 Å². The summed E-state index contributed by atoms with van der Waals surface area (Å²) in [5, 5.41) is 1.40. The molecule has 120 valence electrons. The van der Waals surface area contributed by atoms with Crippen molar-refractivity contribution in [2.75, 3.05) is 20.6 Å². The monoisotopic (exact) mass is 324 g/mol. The van der Waals surface area contributed by atoms with Crippen molar-refractivity contribution in [2.24, 2.45) is 0 Å². The molecule has 0 unspecified atom stereocenters. The van der Waals surface area contributed by atoms with E-state index in [0.717, 1.165) is 18.7 Å². The third-order valence-corrected chi connectivity index (χ3v) is 5.54. The van der Waals surface area contributed by atoms with Crippen LogP contribution in [0, 0.1) is 6.92 Å². The summed E-state index contributed by atoms with van der Waals surface area (Å²) in [5.41, 5.74) is 3.94. The summed E-state index contributed by atoms with van der Waals surface area (Å²) in [6.07, 6.45) is 2.99. The molecule has 0 fully saturated rings. The second-order valence-electron chi connectivity index (χ2n) is 6.47. The minimum absolute atomic E-state index is 0.324. The van der Waals surface area contributed by atoms with Crippen LogP contribution in [0.3, 0.4) is 0 Å². The fourth-order valence-corrected chi connectivity index (χ4v) is 4.43. The van der Waals surface area contributed by atoms with E-state index in [4.69, 9.17) is 0 Å². The van der Waals surface area contributed by atoms with E-state index in [0.29, 0.717) is 5.92 Å². The van der Waals surface area contributed by atoms with Gasteiger partial charge in [-0.05, 0) is 62.2 Å². The number of benzene rings is 1. The second kappa shape index (κ2) is 6.81. The standard InChI is InChI=1S/C20H24N2S/c1-14-8-9-16-19(13-14)23-18(10-12-22(3)4)20(16)15(2)17-7-5-6-11-21-17/h5-9,11,13,15H,10,12H2,1-4H3/t15-/m0/s1. The van der Waals surface area contributed by atoms with E-state index in [2.05, 4.69) is 68.2 Å². The number of aromatic nitrogens is 1. The van der Waals surface area contributed by atoms with Crippen molar-refractivity contribution in [3.8, 4) is 0 Å². The molecule has 2 nitrogen and oxygen atoms in total. The molecule has 2 heterocycles. The van der Waals surface area contributed by atoms with Crippen molar-refractivity contribution in [1.29, 1.82) is 0 Å². The van der Waals surface area contributed by atoms with E-state index in [1.54, 1.807) is 0 Å². The normalized spacial score (nSPS) is 12.9. The highest BCUT2D eigenvalue weighted by Crippen LogP contribution is 2.39. The number of fused-ring (bicyclic) bond motifs is 1. The Morgan fingerprint density at radius 2 is 2.00 bits per heavy atom. The predicted molar refractivity (Wildman–Crippen MR) is 101 cm³/mol. The van der Waals surface area contributed by atoms with Gasteiger partial charge in [-0.3, -0.25) is 4.98 Å². The van der Waals surface area contributed by atoms with Crippen LogP contribution >= 0.6 is 11.3 Å². The van der Waals surface area contributed by atoms with Crippen LogP contribution in [0.4, 0.5) is 0 Å². The predicted octanol–water partition coefficient (Wildman–Crippen LogP) is 4.86. The smallest absolute Gasteiger partial charge is 0.0476 e. The van der Waals surface area contributed by atoms with Gasteiger partial charge in [0, 0.05) is 33.9 Å².